The highest BCUT2D eigenvalue weighted by Gasteiger charge is 2.19. The summed E-state index contributed by atoms with van der Waals surface area (Å²) in [4.78, 5) is 11.7. The summed E-state index contributed by atoms with van der Waals surface area (Å²) in [5, 5.41) is 21.5. The lowest BCUT2D eigenvalue weighted by Gasteiger charge is -2.25. The predicted molar refractivity (Wildman–Crippen MR) is 59.4 cm³/mol. The normalized spacial score (nSPS) is 15.5. The third-order valence-electron chi connectivity index (χ3n) is 3.04. The van der Waals surface area contributed by atoms with Crippen molar-refractivity contribution in [1.82, 2.24) is 5.32 Å². The predicted octanol–water partition coefficient (Wildman–Crippen LogP) is 1.63. The van der Waals surface area contributed by atoms with Crippen LogP contribution in [0.4, 0.5) is 0 Å². The maximum absolute atomic E-state index is 11.7. The summed E-state index contributed by atoms with van der Waals surface area (Å²) in [6.07, 6.45) is 3.55. The highest BCUT2D eigenvalue weighted by Crippen LogP contribution is 2.28. The van der Waals surface area contributed by atoms with Crippen LogP contribution in [0.5, 0.6) is 11.5 Å². The second-order valence-corrected chi connectivity index (χ2v) is 4.18. The van der Waals surface area contributed by atoms with Gasteiger partial charge in [-0.1, -0.05) is 12.5 Å². The number of rotatable bonds is 3. The minimum absolute atomic E-state index is 0.124. The van der Waals surface area contributed by atoms with Crippen molar-refractivity contribution in [3.8, 4) is 11.5 Å². The van der Waals surface area contributed by atoms with Crippen LogP contribution in [0.3, 0.4) is 0 Å². The van der Waals surface area contributed by atoms with Crippen LogP contribution in [-0.2, 0) is 0 Å². The summed E-state index contributed by atoms with van der Waals surface area (Å²) < 4.78 is 0. The standard InChI is InChI=1S/C12H15NO3/c14-10-6-2-5-9(11(10)15)12(16)13-7-8-3-1-4-8/h2,5-6,8,14-15H,1,3-4,7H2,(H,13,16). The van der Waals surface area contributed by atoms with E-state index >= 15 is 0 Å². The van der Waals surface area contributed by atoms with Gasteiger partial charge in [0.2, 0.25) is 0 Å². The summed E-state index contributed by atoms with van der Waals surface area (Å²) in [5.74, 6) is -0.381. The minimum atomic E-state index is -0.353. The molecule has 0 aromatic heterocycles. The zero-order chi connectivity index (χ0) is 11.5. The lowest BCUT2D eigenvalue weighted by Crippen LogP contribution is -2.32. The Kier molecular flexibility index (Phi) is 2.99. The average Bonchev–Trinajstić information content (AvgIpc) is 2.19. The number of hydrogen-bond acceptors (Lipinski definition) is 3. The van der Waals surface area contributed by atoms with E-state index in [0.717, 1.165) is 12.8 Å². The molecule has 0 atom stereocenters. The molecule has 0 spiro atoms. The van der Waals surface area contributed by atoms with Crippen molar-refractivity contribution in [2.45, 2.75) is 19.3 Å². The number of para-hydroxylation sites is 1. The molecule has 0 radical (unpaired) electrons. The van der Waals surface area contributed by atoms with Crippen LogP contribution in [0, 0.1) is 5.92 Å². The summed E-state index contributed by atoms with van der Waals surface area (Å²) in [5.41, 5.74) is 0.124. The number of nitrogens with one attached hydrogen (secondary N) is 1. The van der Waals surface area contributed by atoms with Crippen molar-refractivity contribution in [2.24, 2.45) is 5.92 Å². The van der Waals surface area contributed by atoms with E-state index in [4.69, 9.17) is 0 Å². The third kappa shape index (κ3) is 2.10. The number of carbonyl (C=O) groups excluding carboxylic acids is 1. The Morgan fingerprint density at radius 1 is 1.38 bits per heavy atom. The molecule has 1 aromatic carbocycles. The van der Waals surface area contributed by atoms with Gasteiger partial charge >= 0.3 is 0 Å². The average molecular weight is 221 g/mol. The molecule has 0 aliphatic heterocycles. The first-order valence-corrected chi connectivity index (χ1v) is 5.47. The maximum Gasteiger partial charge on any atom is 0.255 e. The first kappa shape index (κ1) is 10.8. The Morgan fingerprint density at radius 3 is 2.75 bits per heavy atom. The summed E-state index contributed by atoms with van der Waals surface area (Å²) in [6, 6.07) is 4.37. The lowest BCUT2D eigenvalue weighted by atomic mass is 9.85. The third-order valence-corrected chi connectivity index (χ3v) is 3.04. The van der Waals surface area contributed by atoms with E-state index < -0.39 is 0 Å². The summed E-state index contributed by atoms with van der Waals surface area (Å²) >= 11 is 0. The van der Waals surface area contributed by atoms with Crippen molar-refractivity contribution in [3.63, 3.8) is 0 Å². The topological polar surface area (TPSA) is 69.6 Å². The van der Waals surface area contributed by atoms with E-state index in [1.165, 1.54) is 24.6 Å². The van der Waals surface area contributed by atoms with Crippen molar-refractivity contribution in [1.29, 1.82) is 0 Å². The summed E-state index contributed by atoms with van der Waals surface area (Å²) in [7, 11) is 0. The van der Waals surface area contributed by atoms with E-state index in [2.05, 4.69) is 5.32 Å². The molecule has 4 heteroatoms. The van der Waals surface area contributed by atoms with E-state index in [1.807, 2.05) is 0 Å². The molecular weight excluding hydrogens is 206 g/mol. The van der Waals surface area contributed by atoms with Gasteiger partial charge in [0.25, 0.3) is 5.91 Å². The van der Waals surface area contributed by atoms with Crippen molar-refractivity contribution >= 4 is 5.91 Å². The number of phenols is 2. The minimum Gasteiger partial charge on any atom is -0.504 e. The van der Waals surface area contributed by atoms with Crippen LogP contribution >= 0.6 is 0 Å². The fourth-order valence-electron chi connectivity index (χ4n) is 1.74. The van der Waals surface area contributed by atoms with Crippen molar-refractivity contribution < 1.29 is 15.0 Å². The quantitative estimate of drug-likeness (QED) is 0.679. The van der Waals surface area contributed by atoms with Gasteiger partial charge in [0.15, 0.2) is 11.5 Å². The molecule has 1 aliphatic rings. The fourth-order valence-corrected chi connectivity index (χ4v) is 1.74. The number of hydrogen-bond donors (Lipinski definition) is 3. The number of carbonyl (C=O) groups is 1. The van der Waals surface area contributed by atoms with E-state index in [-0.39, 0.29) is 23.0 Å². The Labute approximate surface area is 93.9 Å². The Morgan fingerprint density at radius 2 is 2.12 bits per heavy atom. The molecule has 1 aliphatic carbocycles. The van der Waals surface area contributed by atoms with Gasteiger partial charge in [-0.25, -0.2) is 0 Å². The van der Waals surface area contributed by atoms with Gasteiger partial charge in [0, 0.05) is 6.54 Å². The highest BCUT2D eigenvalue weighted by molar-refractivity contribution is 5.97. The second kappa shape index (κ2) is 4.43. The molecule has 1 amide bonds. The van der Waals surface area contributed by atoms with Gasteiger partial charge < -0.3 is 15.5 Å². The van der Waals surface area contributed by atoms with E-state index in [0.29, 0.717) is 12.5 Å². The van der Waals surface area contributed by atoms with Crippen LogP contribution in [0.2, 0.25) is 0 Å². The van der Waals surface area contributed by atoms with E-state index in [9.17, 15) is 15.0 Å². The molecule has 0 saturated heterocycles. The van der Waals surface area contributed by atoms with Crippen molar-refractivity contribution in [3.05, 3.63) is 23.8 Å². The Balaban J connectivity index is 1.99. The smallest absolute Gasteiger partial charge is 0.255 e. The van der Waals surface area contributed by atoms with Crippen LogP contribution in [0.25, 0.3) is 0 Å². The molecule has 2 rings (SSSR count). The van der Waals surface area contributed by atoms with E-state index in [1.54, 1.807) is 0 Å². The van der Waals surface area contributed by atoms with Crippen LogP contribution in [-0.4, -0.2) is 22.7 Å². The molecule has 1 saturated carbocycles. The molecule has 4 nitrogen and oxygen atoms in total. The number of phenolic OH excluding ortho intramolecular Hbond substituents is 2. The number of aromatic hydroxyl groups is 2. The number of amides is 1. The molecule has 0 bridgehead atoms. The molecule has 0 unspecified atom stereocenters. The van der Waals surface area contributed by atoms with Crippen LogP contribution in [0.15, 0.2) is 18.2 Å². The molecule has 86 valence electrons. The van der Waals surface area contributed by atoms with Crippen molar-refractivity contribution in [2.75, 3.05) is 6.54 Å². The van der Waals surface area contributed by atoms with Gasteiger partial charge in [-0.05, 0) is 30.9 Å². The highest BCUT2D eigenvalue weighted by atomic mass is 16.3. The summed E-state index contributed by atoms with van der Waals surface area (Å²) in [6.45, 7) is 0.647. The van der Waals surface area contributed by atoms with Crippen LogP contribution in [0.1, 0.15) is 29.6 Å². The Bertz CT molecular complexity index is 399. The van der Waals surface area contributed by atoms with Gasteiger partial charge in [0.05, 0.1) is 5.56 Å². The fraction of sp³-hybridized carbons (Fsp3) is 0.417. The monoisotopic (exact) mass is 221 g/mol. The number of benzene rings is 1. The molecule has 3 N–H and O–H groups in total. The molecular formula is C12H15NO3. The van der Waals surface area contributed by atoms with Gasteiger partial charge in [-0.2, -0.15) is 0 Å². The lowest BCUT2D eigenvalue weighted by molar-refractivity contribution is 0.0935. The Hall–Kier alpha value is -1.71. The van der Waals surface area contributed by atoms with Crippen LogP contribution < -0.4 is 5.32 Å². The zero-order valence-corrected chi connectivity index (χ0v) is 8.94. The van der Waals surface area contributed by atoms with Gasteiger partial charge in [0.1, 0.15) is 0 Å². The molecule has 1 aromatic rings. The largest absolute Gasteiger partial charge is 0.504 e. The SMILES string of the molecule is O=C(NCC1CCC1)c1cccc(O)c1O. The second-order valence-electron chi connectivity index (χ2n) is 4.18. The van der Waals surface area contributed by atoms with Gasteiger partial charge in [-0.3, -0.25) is 4.79 Å². The first-order valence-electron chi connectivity index (χ1n) is 5.47. The van der Waals surface area contributed by atoms with Gasteiger partial charge in [-0.15, -0.1) is 0 Å². The first-order chi connectivity index (χ1) is 7.68. The molecule has 0 heterocycles. The zero-order valence-electron chi connectivity index (χ0n) is 8.94. The molecule has 16 heavy (non-hydrogen) atoms. The molecule has 1 fully saturated rings. The maximum atomic E-state index is 11.7.